The minimum absolute atomic E-state index is 0.0110. The van der Waals surface area contributed by atoms with Gasteiger partial charge in [-0.1, -0.05) is 24.3 Å². The molecule has 0 atom stereocenters. The minimum atomic E-state index is -0.642. The first kappa shape index (κ1) is 17.9. The summed E-state index contributed by atoms with van der Waals surface area (Å²) >= 11 is 0. The number of carbonyl (C=O) groups excluding carboxylic acids is 1. The Labute approximate surface area is 154 Å². The Bertz CT molecular complexity index is 991. The fourth-order valence-corrected chi connectivity index (χ4v) is 2.36. The number of nitrogens with zero attached hydrogens (tertiary/aromatic N) is 1. The van der Waals surface area contributed by atoms with E-state index in [1.165, 1.54) is 12.3 Å². The highest BCUT2D eigenvalue weighted by Gasteiger charge is 2.10. The van der Waals surface area contributed by atoms with Gasteiger partial charge in [0, 0.05) is 29.0 Å². The molecule has 0 aliphatic heterocycles. The van der Waals surface area contributed by atoms with E-state index in [0.29, 0.717) is 22.6 Å². The van der Waals surface area contributed by atoms with Gasteiger partial charge in [-0.3, -0.25) is 15.6 Å². The van der Waals surface area contributed by atoms with Crippen molar-refractivity contribution < 1.29 is 13.9 Å². The Morgan fingerprint density at radius 2 is 1.59 bits per heavy atom. The van der Waals surface area contributed by atoms with Gasteiger partial charge in [0.25, 0.3) is 0 Å². The lowest BCUT2D eigenvalue weighted by molar-refractivity contribution is -0.133. The number of hydrogen-bond donors (Lipinski definition) is 4. The van der Waals surface area contributed by atoms with Crippen LogP contribution in [0.5, 0.6) is 5.88 Å². The van der Waals surface area contributed by atoms with Crippen LogP contribution < -0.4 is 16.2 Å². The molecule has 0 radical (unpaired) electrons. The van der Waals surface area contributed by atoms with E-state index in [1.807, 2.05) is 24.3 Å². The second kappa shape index (κ2) is 7.52. The van der Waals surface area contributed by atoms with Crippen molar-refractivity contribution in [1.82, 2.24) is 4.98 Å². The maximum Gasteiger partial charge on any atom is 0.320 e. The predicted molar refractivity (Wildman–Crippen MR) is 101 cm³/mol. The molecule has 1 aromatic carbocycles. The Hall–Kier alpha value is -3.94. The SMILES string of the molecule is N=C(N)CC(=O)Oc1ccc(-c2ccc(-c3ccc(C(=N)N)cc3)o2)cn1. The van der Waals surface area contributed by atoms with E-state index in [9.17, 15) is 4.79 Å². The van der Waals surface area contributed by atoms with E-state index in [0.717, 1.165) is 5.56 Å². The van der Waals surface area contributed by atoms with Gasteiger partial charge in [-0.25, -0.2) is 4.98 Å². The molecule has 8 heteroatoms. The number of benzene rings is 1. The van der Waals surface area contributed by atoms with Crippen molar-refractivity contribution >= 4 is 17.6 Å². The highest BCUT2D eigenvalue weighted by Crippen LogP contribution is 2.29. The second-order valence-corrected chi connectivity index (χ2v) is 5.72. The summed E-state index contributed by atoms with van der Waals surface area (Å²) in [6.45, 7) is 0. The molecule has 2 heterocycles. The maximum atomic E-state index is 11.5. The number of nitrogen functional groups attached to an aromatic ring is 1. The number of hydrogen-bond acceptors (Lipinski definition) is 6. The van der Waals surface area contributed by atoms with Crippen molar-refractivity contribution in [2.24, 2.45) is 11.5 Å². The largest absolute Gasteiger partial charge is 0.456 e. The average Bonchev–Trinajstić information content (AvgIpc) is 3.12. The van der Waals surface area contributed by atoms with Crippen LogP contribution in [0.2, 0.25) is 0 Å². The topological polar surface area (TPSA) is 152 Å². The Morgan fingerprint density at radius 1 is 0.963 bits per heavy atom. The molecule has 0 amide bonds. The third-order valence-electron chi connectivity index (χ3n) is 3.66. The number of carbonyl (C=O) groups is 1. The van der Waals surface area contributed by atoms with Crippen molar-refractivity contribution in [2.75, 3.05) is 0 Å². The Kier molecular flexibility index (Phi) is 4.98. The predicted octanol–water partition coefficient (Wildman–Crippen LogP) is 2.52. The molecule has 0 saturated carbocycles. The molecule has 136 valence electrons. The second-order valence-electron chi connectivity index (χ2n) is 5.72. The molecule has 2 aromatic heterocycles. The number of nitrogens with two attached hydrogens (primary N) is 2. The fraction of sp³-hybridized carbons (Fsp3) is 0.0526. The van der Waals surface area contributed by atoms with Gasteiger partial charge in [0.05, 0.1) is 0 Å². The summed E-state index contributed by atoms with van der Waals surface area (Å²) in [6.07, 6.45) is 1.24. The Balaban J connectivity index is 1.73. The average molecular weight is 363 g/mol. The molecular weight excluding hydrogens is 346 g/mol. The van der Waals surface area contributed by atoms with E-state index in [2.05, 4.69) is 4.98 Å². The van der Waals surface area contributed by atoms with Gasteiger partial charge in [-0.15, -0.1) is 0 Å². The molecule has 6 N–H and O–H groups in total. The summed E-state index contributed by atoms with van der Waals surface area (Å²) in [7, 11) is 0. The van der Waals surface area contributed by atoms with Crippen LogP contribution in [0, 0.1) is 10.8 Å². The molecule has 0 unspecified atom stereocenters. The van der Waals surface area contributed by atoms with Crippen molar-refractivity contribution in [2.45, 2.75) is 6.42 Å². The first-order chi connectivity index (χ1) is 12.9. The fourth-order valence-electron chi connectivity index (χ4n) is 2.36. The van der Waals surface area contributed by atoms with Crippen LogP contribution in [0.25, 0.3) is 22.6 Å². The van der Waals surface area contributed by atoms with Gasteiger partial charge < -0.3 is 20.6 Å². The van der Waals surface area contributed by atoms with Gasteiger partial charge in [0.1, 0.15) is 29.6 Å². The van der Waals surface area contributed by atoms with Gasteiger partial charge in [0.2, 0.25) is 5.88 Å². The molecule has 0 aliphatic carbocycles. The standard InChI is InChI=1S/C19H17N5O3/c20-16(21)9-18(25)27-17-8-5-13(10-24-17)15-7-6-14(26-15)11-1-3-12(4-2-11)19(22)23/h1-8,10H,9H2,(H3,20,21)(H3,22,23). The van der Waals surface area contributed by atoms with Crippen LogP contribution in [-0.4, -0.2) is 22.6 Å². The number of esters is 1. The molecule has 0 spiro atoms. The first-order valence-corrected chi connectivity index (χ1v) is 7.97. The normalized spacial score (nSPS) is 10.4. The van der Waals surface area contributed by atoms with Crippen molar-refractivity contribution in [3.8, 4) is 28.5 Å². The summed E-state index contributed by atoms with van der Waals surface area (Å²) in [6, 6.07) is 14.1. The van der Waals surface area contributed by atoms with Crippen molar-refractivity contribution in [3.63, 3.8) is 0 Å². The van der Waals surface area contributed by atoms with Crippen molar-refractivity contribution in [1.29, 1.82) is 10.8 Å². The van der Waals surface area contributed by atoms with Crippen LogP contribution in [0.4, 0.5) is 0 Å². The van der Waals surface area contributed by atoms with E-state index < -0.39 is 5.97 Å². The van der Waals surface area contributed by atoms with E-state index >= 15 is 0 Å². The summed E-state index contributed by atoms with van der Waals surface area (Å²) in [5.41, 5.74) is 12.8. The highest BCUT2D eigenvalue weighted by atomic mass is 16.5. The summed E-state index contributed by atoms with van der Waals surface area (Å²) in [5.74, 6) is 0.494. The number of nitrogens with one attached hydrogen (secondary N) is 2. The minimum Gasteiger partial charge on any atom is -0.456 e. The number of amidine groups is 2. The Morgan fingerprint density at radius 3 is 2.15 bits per heavy atom. The number of pyridine rings is 1. The summed E-state index contributed by atoms with van der Waals surface area (Å²) < 4.78 is 10.8. The monoisotopic (exact) mass is 363 g/mol. The van der Waals surface area contributed by atoms with Crippen molar-refractivity contribution in [3.05, 3.63) is 60.3 Å². The third kappa shape index (κ3) is 4.37. The lowest BCUT2D eigenvalue weighted by Gasteiger charge is -2.03. The molecular formula is C19H17N5O3. The smallest absolute Gasteiger partial charge is 0.320 e. The quantitative estimate of drug-likeness (QED) is 0.300. The van der Waals surface area contributed by atoms with Crippen LogP contribution in [-0.2, 0) is 4.79 Å². The van der Waals surface area contributed by atoms with Crippen LogP contribution in [0.15, 0.2) is 59.1 Å². The number of ether oxygens (including phenoxy) is 1. The van der Waals surface area contributed by atoms with Gasteiger partial charge in [-0.05, 0) is 18.2 Å². The molecule has 0 saturated heterocycles. The molecule has 0 bridgehead atoms. The number of furan rings is 1. The van der Waals surface area contributed by atoms with Gasteiger partial charge >= 0.3 is 5.97 Å². The zero-order chi connectivity index (χ0) is 19.4. The molecule has 27 heavy (non-hydrogen) atoms. The summed E-state index contributed by atoms with van der Waals surface area (Å²) in [4.78, 5) is 15.5. The van der Waals surface area contributed by atoms with Gasteiger partial charge in [-0.2, -0.15) is 0 Å². The zero-order valence-electron chi connectivity index (χ0n) is 14.2. The van der Waals surface area contributed by atoms with Gasteiger partial charge in [0.15, 0.2) is 0 Å². The maximum absolute atomic E-state index is 11.5. The molecule has 3 aromatic rings. The van der Waals surface area contributed by atoms with Crippen LogP contribution in [0.3, 0.4) is 0 Å². The van der Waals surface area contributed by atoms with E-state index in [4.69, 9.17) is 31.4 Å². The molecule has 0 fully saturated rings. The van der Waals surface area contributed by atoms with E-state index in [-0.39, 0.29) is 24.0 Å². The lowest BCUT2D eigenvalue weighted by atomic mass is 10.1. The van der Waals surface area contributed by atoms with Crippen LogP contribution >= 0.6 is 0 Å². The number of rotatable bonds is 6. The molecule has 0 aliphatic rings. The highest BCUT2D eigenvalue weighted by molar-refractivity contribution is 5.96. The molecule has 8 nitrogen and oxygen atoms in total. The molecule has 3 rings (SSSR count). The first-order valence-electron chi connectivity index (χ1n) is 7.97. The lowest BCUT2D eigenvalue weighted by Crippen LogP contribution is -2.19. The van der Waals surface area contributed by atoms with E-state index in [1.54, 1.807) is 18.2 Å². The zero-order valence-corrected chi connectivity index (χ0v) is 14.2. The summed E-state index contributed by atoms with van der Waals surface area (Å²) in [5, 5.41) is 14.5. The third-order valence-corrected chi connectivity index (χ3v) is 3.66. The van der Waals surface area contributed by atoms with Crippen LogP contribution in [0.1, 0.15) is 12.0 Å². The number of aromatic nitrogens is 1.